The van der Waals surface area contributed by atoms with Crippen LogP contribution in [0.3, 0.4) is 0 Å². The van der Waals surface area contributed by atoms with E-state index in [1.807, 2.05) is 30.3 Å². The average molecular weight is 260 g/mol. The second-order valence-electron chi connectivity index (χ2n) is 4.42. The molecule has 2 aromatic rings. The highest BCUT2D eigenvalue weighted by molar-refractivity contribution is 5.30. The Balaban J connectivity index is 1.90. The lowest BCUT2D eigenvalue weighted by Crippen LogP contribution is -2.29. The summed E-state index contributed by atoms with van der Waals surface area (Å²) in [5.41, 5.74) is 0.981. The van der Waals surface area contributed by atoms with Crippen molar-refractivity contribution < 1.29 is 0 Å². The Bertz CT molecular complexity index is 481. The van der Waals surface area contributed by atoms with Crippen LogP contribution in [0.1, 0.15) is 12.7 Å². The van der Waals surface area contributed by atoms with Crippen LogP contribution in [0.4, 0.5) is 0 Å². The van der Waals surface area contributed by atoms with E-state index in [0.717, 1.165) is 31.1 Å². The van der Waals surface area contributed by atoms with E-state index in [4.69, 9.17) is 0 Å². The van der Waals surface area contributed by atoms with Gasteiger partial charge in [-0.15, -0.1) is 5.10 Å². The van der Waals surface area contributed by atoms with Crippen LogP contribution < -0.4 is 5.32 Å². The summed E-state index contributed by atoms with van der Waals surface area (Å²) in [5, 5.41) is 15.2. The maximum absolute atomic E-state index is 4.06. The molecule has 0 aliphatic rings. The molecule has 1 aromatic heterocycles. The van der Waals surface area contributed by atoms with Crippen LogP contribution in [0.2, 0.25) is 0 Å². The molecule has 6 heteroatoms. The number of para-hydroxylation sites is 1. The average Bonchev–Trinajstić information content (AvgIpc) is 2.92. The van der Waals surface area contributed by atoms with Crippen molar-refractivity contribution in [2.45, 2.75) is 13.5 Å². The molecule has 2 rings (SSSR count). The highest BCUT2D eigenvalue weighted by Crippen LogP contribution is 2.06. The Kier molecular flexibility index (Phi) is 5.00. The van der Waals surface area contributed by atoms with E-state index >= 15 is 0 Å². The van der Waals surface area contributed by atoms with E-state index in [9.17, 15) is 0 Å². The van der Waals surface area contributed by atoms with E-state index in [1.54, 1.807) is 4.68 Å². The molecule has 1 N–H and O–H groups in total. The first-order valence-electron chi connectivity index (χ1n) is 6.53. The highest BCUT2D eigenvalue weighted by atomic mass is 15.5. The monoisotopic (exact) mass is 260 g/mol. The van der Waals surface area contributed by atoms with Crippen molar-refractivity contribution in [1.82, 2.24) is 30.4 Å². The van der Waals surface area contributed by atoms with Gasteiger partial charge in [0, 0.05) is 13.1 Å². The zero-order valence-electron chi connectivity index (χ0n) is 11.5. The first kappa shape index (κ1) is 13.6. The van der Waals surface area contributed by atoms with Crippen molar-refractivity contribution in [3.63, 3.8) is 0 Å². The summed E-state index contributed by atoms with van der Waals surface area (Å²) < 4.78 is 1.76. The van der Waals surface area contributed by atoms with Gasteiger partial charge >= 0.3 is 0 Å². The molecule has 0 saturated carbocycles. The summed E-state index contributed by atoms with van der Waals surface area (Å²) in [4.78, 5) is 2.26. The first-order valence-corrected chi connectivity index (χ1v) is 6.53. The molecule has 0 radical (unpaired) electrons. The summed E-state index contributed by atoms with van der Waals surface area (Å²) in [7, 11) is 2.11. The lowest BCUT2D eigenvalue weighted by atomic mass is 10.3. The van der Waals surface area contributed by atoms with Gasteiger partial charge in [-0.1, -0.05) is 25.1 Å². The maximum Gasteiger partial charge on any atom is 0.170 e. The number of nitrogens with zero attached hydrogens (tertiary/aromatic N) is 5. The molecule has 0 fully saturated rings. The van der Waals surface area contributed by atoms with Crippen molar-refractivity contribution in [3.05, 3.63) is 36.2 Å². The molecule has 0 spiro atoms. The minimum Gasteiger partial charge on any atom is -0.308 e. The predicted octanol–water partition coefficient (Wildman–Crippen LogP) is 0.704. The molecule has 1 heterocycles. The largest absolute Gasteiger partial charge is 0.308 e. The van der Waals surface area contributed by atoms with Crippen LogP contribution in [-0.2, 0) is 6.54 Å². The zero-order chi connectivity index (χ0) is 13.5. The second kappa shape index (κ2) is 6.96. The molecular weight excluding hydrogens is 240 g/mol. The number of likely N-dealkylation sites (N-methyl/N-ethyl adjacent to an activating group) is 1. The van der Waals surface area contributed by atoms with Gasteiger partial charge in [0.2, 0.25) is 0 Å². The van der Waals surface area contributed by atoms with Crippen molar-refractivity contribution in [2.24, 2.45) is 0 Å². The third-order valence-corrected chi connectivity index (χ3v) is 3.03. The quantitative estimate of drug-likeness (QED) is 0.743. The molecule has 0 aliphatic heterocycles. The first-order chi connectivity index (χ1) is 9.31. The molecule has 0 amide bonds. The maximum atomic E-state index is 4.06. The third kappa shape index (κ3) is 3.84. The summed E-state index contributed by atoms with van der Waals surface area (Å²) in [6, 6.07) is 9.91. The SMILES string of the molecule is CCN(C)CCNCc1nnnn1-c1ccccc1. The van der Waals surface area contributed by atoms with Gasteiger partial charge in [-0.3, -0.25) is 0 Å². The van der Waals surface area contributed by atoms with Crippen LogP contribution >= 0.6 is 0 Å². The summed E-state index contributed by atoms with van der Waals surface area (Å²) >= 11 is 0. The number of benzene rings is 1. The standard InChI is InChI=1S/C13H20N6/c1-3-18(2)10-9-14-11-13-15-16-17-19(13)12-7-5-4-6-8-12/h4-8,14H,3,9-11H2,1-2H3. The minimum absolute atomic E-state index is 0.666. The van der Waals surface area contributed by atoms with Crippen LogP contribution in [0.5, 0.6) is 0 Å². The topological polar surface area (TPSA) is 58.9 Å². The summed E-state index contributed by atoms with van der Waals surface area (Å²) in [6.45, 7) is 5.81. The van der Waals surface area contributed by atoms with E-state index in [2.05, 4.69) is 39.7 Å². The molecule has 19 heavy (non-hydrogen) atoms. The molecule has 0 saturated heterocycles. The van der Waals surface area contributed by atoms with E-state index in [1.165, 1.54) is 0 Å². The van der Waals surface area contributed by atoms with E-state index in [0.29, 0.717) is 6.54 Å². The van der Waals surface area contributed by atoms with Crippen LogP contribution in [0.15, 0.2) is 30.3 Å². The Morgan fingerprint density at radius 3 is 2.79 bits per heavy atom. The predicted molar refractivity (Wildman–Crippen MR) is 74.0 cm³/mol. The fourth-order valence-corrected chi connectivity index (χ4v) is 1.71. The van der Waals surface area contributed by atoms with Gasteiger partial charge in [-0.25, -0.2) is 0 Å². The molecule has 0 bridgehead atoms. The van der Waals surface area contributed by atoms with Gasteiger partial charge in [-0.05, 0) is 36.2 Å². The van der Waals surface area contributed by atoms with E-state index < -0.39 is 0 Å². The van der Waals surface area contributed by atoms with Gasteiger partial charge in [0.05, 0.1) is 12.2 Å². The number of hydrogen-bond donors (Lipinski definition) is 1. The Labute approximate surface area is 113 Å². The van der Waals surface area contributed by atoms with Crippen molar-refractivity contribution in [2.75, 3.05) is 26.7 Å². The lowest BCUT2D eigenvalue weighted by Gasteiger charge is -2.13. The smallest absolute Gasteiger partial charge is 0.170 e. The highest BCUT2D eigenvalue weighted by Gasteiger charge is 2.07. The van der Waals surface area contributed by atoms with Gasteiger partial charge in [0.1, 0.15) is 0 Å². The number of hydrogen-bond acceptors (Lipinski definition) is 5. The molecule has 6 nitrogen and oxygen atoms in total. The number of tetrazole rings is 1. The second-order valence-corrected chi connectivity index (χ2v) is 4.42. The summed E-state index contributed by atoms with van der Waals surface area (Å²) in [5.74, 6) is 0.824. The Morgan fingerprint density at radius 2 is 2.05 bits per heavy atom. The Morgan fingerprint density at radius 1 is 1.26 bits per heavy atom. The van der Waals surface area contributed by atoms with Crippen LogP contribution in [0.25, 0.3) is 5.69 Å². The Hall–Kier alpha value is -1.79. The van der Waals surface area contributed by atoms with E-state index in [-0.39, 0.29) is 0 Å². The van der Waals surface area contributed by atoms with Crippen molar-refractivity contribution >= 4 is 0 Å². The molecule has 0 atom stereocenters. The number of rotatable bonds is 7. The molecule has 0 aliphatic carbocycles. The minimum atomic E-state index is 0.666. The van der Waals surface area contributed by atoms with Gasteiger partial charge in [0.15, 0.2) is 5.82 Å². The van der Waals surface area contributed by atoms with Gasteiger partial charge in [0.25, 0.3) is 0 Å². The molecular formula is C13H20N6. The molecule has 102 valence electrons. The summed E-state index contributed by atoms with van der Waals surface area (Å²) in [6.07, 6.45) is 0. The normalized spacial score (nSPS) is 11.1. The number of nitrogens with one attached hydrogen (secondary N) is 1. The molecule has 1 aromatic carbocycles. The van der Waals surface area contributed by atoms with Crippen LogP contribution in [-0.4, -0.2) is 51.8 Å². The van der Waals surface area contributed by atoms with Gasteiger partial charge in [-0.2, -0.15) is 4.68 Å². The van der Waals surface area contributed by atoms with Crippen molar-refractivity contribution in [3.8, 4) is 5.69 Å². The lowest BCUT2D eigenvalue weighted by molar-refractivity contribution is 0.348. The van der Waals surface area contributed by atoms with Crippen molar-refractivity contribution in [1.29, 1.82) is 0 Å². The molecule has 0 unspecified atom stereocenters. The zero-order valence-corrected chi connectivity index (χ0v) is 11.5. The van der Waals surface area contributed by atoms with Gasteiger partial charge < -0.3 is 10.2 Å². The number of aromatic nitrogens is 4. The van der Waals surface area contributed by atoms with Crippen LogP contribution in [0, 0.1) is 0 Å². The third-order valence-electron chi connectivity index (χ3n) is 3.03. The fraction of sp³-hybridized carbons (Fsp3) is 0.462. The fourth-order valence-electron chi connectivity index (χ4n) is 1.71.